The molecule has 0 saturated carbocycles. The zero-order valence-electron chi connectivity index (χ0n) is 35.8. The van der Waals surface area contributed by atoms with E-state index in [1.807, 2.05) is 33.3 Å². The average Bonchev–Trinajstić information content (AvgIpc) is 3.13. The van der Waals surface area contributed by atoms with Crippen LogP contribution in [0, 0.1) is 0 Å². The average molecular weight is 792 g/mol. The van der Waals surface area contributed by atoms with Gasteiger partial charge in [0, 0.05) is 13.0 Å². The SMILES string of the molecule is CCC=CCC=CCC=CCC=CCC=CCC=CCCC(=O)O[C@H](COCCCCCCCCCCCCCCCC)COP(=O)([O-])OCC[N+](C)(C)C. The number of hydrogen-bond donors (Lipinski definition) is 0. The van der Waals surface area contributed by atoms with Gasteiger partial charge in [-0.05, 0) is 51.4 Å². The highest BCUT2D eigenvalue weighted by Crippen LogP contribution is 2.38. The zero-order valence-corrected chi connectivity index (χ0v) is 36.7. The first-order valence-electron chi connectivity index (χ1n) is 21.7. The molecule has 0 bridgehead atoms. The Morgan fingerprint density at radius 2 is 1.02 bits per heavy atom. The molecule has 0 aliphatic heterocycles. The van der Waals surface area contributed by atoms with E-state index >= 15 is 0 Å². The van der Waals surface area contributed by atoms with Crippen LogP contribution >= 0.6 is 7.82 Å². The predicted molar refractivity (Wildman–Crippen MR) is 231 cm³/mol. The monoisotopic (exact) mass is 792 g/mol. The molecule has 0 saturated heterocycles. The number of nitrogens with zero attached hydrogens (tertiary/aromatic N) is 1. The number of rotatable bonds is 39. The molecule has 9 heteroatoms. The number of likely N-dealkylation sites (N-methyl/N-ethyl adjacent to an activating group) is 1. The van der Waals surface area contributed by atoms with Crippen LogP contribution in [0.15, 0.2) is 72.9 Å². The van der Waals surface area contributed by atoms with Gasteiger partial charge in [0.25, 0.3) is 7.82 Å². The molecule has 0 aromatic carbocycles. The molecule has 318 valence electrons. The topological polar surface area (TPSA) is 94.1 Å². The van der Waals surface area contributed by atoms with Gasteiger partial charge in [-0.1, -0.05) is 170 Å². The van der Waals surface area contributed by atoms with Gasteiger partial charge >= 0.3 is 5.97 Å². The molecule has 0 spiro atoms. The van der Waals surface area contributed by atoms with Crippen molar-refractivity contribution in [3.63, 3.8) is 0 Å². The first kappa shape index (κ1) is 52.9. The van der Waals surface area contributed by atoms with Gasteiger partial charge in [-0.3, -0.25) is 9.36 Å². The molecule has 0 heterocycles. The highest BCUT2D eigenvalue weighted by Gasteiger charge is 2.20. The summed E-state index contributed by atoms with van der Waals surface area (Å²) in [6.07, 6.45) is 49.3. The van der Waals surface area contributed by atoms with Crippen LogP contribution in [0.2, 0.25) is 0 Å². The molecule has 0 aromatic heterocycles. The number of phosphoric acid groups is 1. The number of carbonyl (C=O) groups is 1. The number of allylic oxidation sites excluding steroid dienone is 12. The molecule has 0 aliphatic carbocycles. The third kappa shape index (κ3) is 42.9. The number of ether oxygens (including phenoxy) is 2. The summed E-state index contributed by atoms with van der Waals surface area (Å²) in [6.45, 7) is 5.19. The van der Waals surface area contributed by atoms with Crippen LogP contribution < -0.4 is 4.89 Å². The quantitative estimate of drug-likeness (QED) is 0.0201. The van der Waals surface area contributed by atoms with E-state index in [0.717, 1.165) is 51.4 Å². The fourth-order valence-corrected chi connectivity index (χ4v) is 6.18. The second kappa shape index (κ2) is 38.8. The fraction of sp³-hybridized carbons (Fsp3) is 0.717. The van der Waals surface area contributed by atoms with Crippen LogP contribution in [0.25, 0.3) is 0 Å². The molecule has 0 rings (SSSR count). The summed E-state index contributed by atoms with van der Waals surface area (Å²) in [5, 5.41) is 0. The van der Waals surface area contributed by atoms with Crippen LogP contribution in [-0.2, 0) is 27.9 Å². The third-order valence-corrected chi connectivity index (χ3v) is 9.75. The van der Waals surface area contributed by atoms with E-state index in [-0.39, 0.29) is 26.2 Å². The molecule has 0 radical (unpaired) electrons. The summed E-state index contributed by atoms with van der Waals surface area (Å²) in [5.74, 6) is -0.417. The molecule has 0 aliphatic rings. The number of unbranched alkanes of at least 4 members (excludes halogenated alkanes) is 13. The summed E-state index contributed by atoms with van der Waals surface area (Å²) in [5.41, 5.74) is 0. The molecule has 0 fully saturated rings. The van der Waals surface area contributed by atoms with E-state index in [1.54, 1.807) is 0 Å². The number of hydrogen-bond acceptors (Lipinski definition) is 7. The lowest BCUT2D eigenvalue weighted by Gasteiger charge is -2.28. The zero-order chi connectivity index (χ0) is 40.6. The van der Waals surface area contributed by atoms with Crippen molar-refractivity contribution in [3.8, 4) is 0 Å². The Bertz CT molecular complexity index is 1110. The molecular formula is C46H82NO7P. The van der Waals surface area contributed by atoms with E-state index < -0.39 is 19.9 Å². The smallest absolute Gasteiger partial charge is 0.306 e. The Balaban J connectivity index is 4.39. The van der Waals surface area contributed by atoms with Crippen molar-refractivity contribution in [2.24, 2.45) is 0 Å². The highest BCUT2D eigenvalue weighted by molar-refractivity contribution is 7.45. The lowest BCUT2D eigenvalue weighted by Crippen LogP contribution is -2.37. The van der Waals surface area contributed by atoms with Gasteiger partial charge in [-0.25, -0.2) is 0 Å². The largest absolute Gasteiger partial charge is 0.756 e. The molecule has 8 nitrogen and oxygen atoms in total. The van der Waals surface area contributed by atoms with Gasteiger partial charge < -0.3 is 27.9 Å². The maximum atomic E-state index is 12.6. The van der Waals surface area contributed by atoms with Crippen LogP contribution in [0.3, 0.4) is 0 Å². The van der Waals surface area contributed by atoms with Crippen molar-refractivity contribution in [2.45, 2.75) is 161 Å². The van der Waals surface area contributed by atoms with Crippen molar-refractivity contribution in [2.75, 3.05) is 54.1 Å². The standard InChI is InChI=1S/C46H82NO7P/c1-6-8-10-12-14-16-18-20-22-23-24-25-26-27-29-31-33-35-37-39-46(48)54-45(44-53-55(49,50)52-42-40-47(3,4)5)43-51-41-38-36-34-32-30-28-21-19-17-15-13-11-9-7-2/h8,10,14,16,20,22,24-25,27,29,33,35,45H,6-7,9,11-13,15,17-19,21,23,26,28,30-32,34,36-44H2,1-5H3/t45-/m1/s1. The van der Waals surface area contributed by atoms with Crippen LogP contribution in [0.1, 0.15) is 155 Å². The normalized spacial score (nSPS) is 14.5. The van der Waals surface area contributed by atoms with Gasteiger partial charge in [-0.15, -0.1) is 0 Å². The number of carbonyl (C=O) groups excluding carboxylic acids is 1. The molecular weight excluding hydrogens is 709 g/mol. The van der Waals surface area contributed by atoms with Crippen LogP contribution in [-0.4, -0.2) is 70.7 Å². The summed E-state index contributed by atoms with van der Waals surface area (Å²) < 4.78 is 34.5. The Kier molecular flexibility index (Phi) is 37.3. The van der Waals surface area contributed by atoms with Gasteiger partial charge in [0.05, 0.1) is 34.4 Å². The third-order valence-electron chi connectivity index (χ3n) is 8.79. The second-order valence-corrected chi connectivity index (χ2v) is 16.7. The number of quaternary nitrogens is 1. The lowest BCUT2D eigenvalue weighted by molar-refractivity contribution is -0.870. The minimum Gasteiger partial charge on any atom is -0.756 e. The maximum absolute atomic E-state index is 12.6. The summed E-state index contributed by atoms with van der Waals surface area (Å²) in [7, 11) is 1.30. The van der Waals surface area contributed by atoms with E-state index in [2.05, 4.69) is 74.6 Å². The number of phosphoric ester groups is 1. The number of esters is 1. The summed E-state index contributed by atoms with van der Waals surface area (Å²) >= 11 is 0. The first-order chi connectivity index (χ1) is 26.6. The van der Waals surface area contributed by atoms with Crippen molar-refractivity contribution >= 4 is 13.8 Å². The molecule has 2 atom stereocenters. The Morgan fingerprint density at radius 1 is 0.582 bits per heavy atom. The minimum atomic E-state index is -4.55. The van der Waals surface area contributed by atoms with Gasteiger partial charge in [0.1, 0.15) is 19.3 Å². The maximum Gasteiger partial charge on any atom is 0.306 e. The molecule has 55 heavy (non-hydrogen) atoms. The first-order valence-corrected chi connectivity index (χ1v) is 23.1. The second-order valence-electron chi connectivity index (χ2n) is 15.3. The van der Waals surface area contributed by atoms with E-state index in [9.17, 15) is 14.3 Å². The summed E-state index contributed by atoms with van der Waals surface area (Å²) in [4.78, 5) is 25.0. The Morgan fingerprint density at radius 3 is 1.47 bits per heavy atom. The molecule has 0 amide bonds. The molecule has 1 unspecified atom stereocenters. The van der Waals surface area contributed by atoms with Crippen molar-refractivity contribution in [1.29, 1.82) is 0 Å². The molecule has 0 aromatic rings. The van der Waals surface area contributed by atoms with Crippen molar-refractivity contribution < 1.29 is 37.3 Å². The van der Waals surface area contributed by atoms with E-state index in [4.69, 9.17) is 18.5 Å². The Labute approximate surface area is 338 Å². The van der Waals surface area contributed by atoms with E-state index in [0.29, 0.717) is 24.1 Å². The van der Waals surface area contributed by atoms with Gasteiger partial charge in [0.15, 0.2) is 0 Å². The van der Waals surface area contributed by atoms with Crippen LogP contribution in [0.4, 0.5) is 0 Å². The lowest BCUT2D eigenvalue weighted by atomic mass is 10.0. The Hall–Kier alpha value is -2.06. The van der Waals surface area contributed by atoms with Crippen LogP contribution in [0.5, 0.6) is 0 Å². The minimum absolute atomic E-state index is 0.0102. The van der Waals surface area contributed by atoms with E-state index in [1.165, 1.54) is 77.0 Å². The van der Waals surface area contributed by atoms with Crippen molar-refractivity contribution in [3.05, 3.63) is 72.9 Å². The predicted octanol–water partition coefficient (Wildman–Crippen LogP) is 12.1. The summed E-state index contributed by atoms with van der Waals surface area (Å²) in [6, 6.07) is 0. The molecule has 0 N–H and O–H groups in total. The fourth-order valence-electron chi connectivity index (χ4n) is 5.45. The van der Waals surface area contributed by atoms with Crippen molar-refractivity contribution in [1.82, 2.24) is 0 Å². The van der Waals surface area contributed by atoms with Gasteiger partial charge in [-0.2, -0.15) is 0 Å². The highest BCUT2D eigenvalue weighted by atomic mass is 31.2. The van der Waals surface area contributed by atoms with Gasteiger partial charge in [0.2, 0.25) is 0 Å².